The van der Waals surface area contributed by atoms with E-state index in [0.29, 0.717) is 12.8 Å². The Bertz CT molecular complexity index is 642. The van der Waals surface area contributed by atoms with Gasteiger partial charge in [0.1, 0.15) is 12.1 Å². The molecule has 0 aromatic heterocycles. The molecule has 3 fully saturated rings. The molecule has 4 atom stereocenters. The molecule has 1 unspecified atom stereocenters. The van der Waals surface area contributed by atoms with Gasteiger partial charge in [-0.15, -0.1) is 0 Å². The molecule has 1 heterocycles. The third kappa shape index (κ3) is 2.77. The Hall–Kier alpha value is -1.80. The molecule has 0 spiro atoms. The molecule has 25 heavy (non-hydrogen) atoms. The van der Waals surface area contributed by atoms with Crippen LogP contribution in [0, 0.1) is 22.7 Å². The molecule has 140 valence electrons. The van der Waals surface area contributed by atoms with Crippen LogP contribution in [-0.2, 0) is 14.4 Å². The van der Waals surface area contributed by atoms with Gasteiger partial charge in [0, 0.05) is 12.5 Å². The minimum absolute atomic E-state index is 0.0172. The Morgan fingerprint density at radius 2 is 1.76 bits per heavy atom. The fourth-order valence-corrected chi connectivity index (χ4v) is 4.19. The van der Waals surface area contributed by atoms with Gasteiger partial charge in [-0.1, -0.05) is 20.8 Å². The van der Waals surface area contributed by atoms with Gasteiger partial charge in [0.15, 0.2) is 0 Å². The number of nitrogens with one attached hydrogen (secondary N) is 1. The Labute approximate surface area is 142 Å². The fraction of sp³-hybridized carbons (Fsp3) is 0.812. The summed E-state index contributed by atoms with van der Waals surface area (Å²) in [5, 5.41) is 11.3. The summed E-state index contributed by atoms with van der Waals surface area (Å²) in [4.78, 5) is 37.0. The first-order chi connectivity index (χ1) is 11.3. The maximum atomic E-state index is 12.9. The van der Waals surface area contributed by atoms with Gasteiger partial charge in [-0.25, -0.2) is 4.79 Å². The summed E-state index contributed by atoms with van der Waals surface area (Å²) in [5.74, 6) is -4.25. The van der Waals surface area contributed by atoms with Gasteiger partial charge in [-0.05, 0) is 29.6 Å². The van der Waals surface area contributed by atoms with Crippen molar-refractivity contribution in [1.82, 2.24) is 10.2 Å². The van der Waals surface area contributed by atoms with Crippen molar-refractivity contribution in [3.05, 3.63) is 0 Å². The third-order valence-corrected chi connectivity index (χ3v) is 6.26. The van der Waals surface area contributed by atoms with E-state index in [1.165, 1.54) is 0 Å². The summed E-state index contributed by atoms with van der Waals surface area (Å²) >= 11 is 0. The second-order valence-corrected chi connectivity index (χ2v) is 8.29. The van der Waals surface area contributed by atoms with Crippen LogP contribution in [0.25, 0.3) is 0 Å². The van der Waals surface area contributed by atoms with Gasteiger partial charge in [-0.2, -0.15) is 13.2 Å². The lowest BCUT2D eigenvalue weighted by molar-refractivity contribution is -0.176. The first-order valence-corrected chi connectivity index (χ1v) is 8.22. The Kier molecular flexibility index (Phi) is 3.68. The number of carboxylic acid groups (broad SMARTS) is 1. The second-order valence-electron chi connectivity index (χ2n) is 8.29. The van der Waals surface area contributed by atoms with E-state index in [-0.39, 0.29) is 23.8 Å². The van der Waals surface area contributed by atoms with Crippen LogP contribution < -0.4 is 5.32 Å². The van der Waals surface area contributed by atoms with E-state index < -0.39 is 41.5 Å². The predicted octanol–water partition coefficient (Wildman–Crippen LogP) is 1.40. The van der Waals surface area contributed by atoms with Crippen molar-refractivity contribution >= 4 is 17.8 Å². The van der Waals surface area contributed by atoms with Gasteiger partial charge in [-0.3, -0.25) is 9.59 Å². The number of carbonyl (C=O) groups excluding carboxylic acids is 2. The van der Waals surface area contributed by atoms with Crippen molar-refractivity contribution < 1.29 is 32.7 Å². The summed E-state index contributed by atoms with van der Waals surface area (Å²) in [6, 6.07) is -2.41. The van der Waals surface area contributed by atoms with Crippen molar-refractivity contribution in [3.63, 3.8) is 0 Å². The molecule has 3 aliphatic rings. The predicted molar refractivity (Wildman–Crippen MR) is 79.2 cm³/mol. The molecule has 1 aliphatic heterocycles. The largest absolute Gasteiger partial charge is 0.480 e. The number of hydrogen-bond acceptors (Lipinski definition) is 3. The highest BCUT2D eigenvalue weighted by Gasteiger charge is 2.70. The Morgan fingerprint density at radius 1 is 1.20 bits per heavy atom. The van der Waals surface area contributed by atoms with Crippen LogP contribution in [0.5, 0.6) is 0 Å². The summed E-state index contributed by atoms with van der Waals surface area (Å²) in [5.41, 5.74) is -0.961. The maximum Gasteiger partial charge on any atom is 0.471 e. The standard InChI is InChI=1S/C16H21F3N2O4/c1-14(2)7-6-21(9(8(7)14)12(23)24)11(22)10(15(3)4-5-15)20-13(25)16(17,18)19/h7-10H,4-6H2,1-3H3,(H,20,25)(H,23,24)/t7-,8-,9-,10?/m0/s1. The summed E-state index contributed by atoms with van der Waals surface area (Å²) in [6.07, 6.45) is -4.08. The number of aliphatic carboxylic acids is 1. The number of fused-ring (bicyclic) bond motifs is 1. The van der Waals surface area contributed by atoms with Crippen molar-refractivity contribution in [3.8, 4) is 0 Å². The van der Waals surface area contributed by atoms with Gasteiger partial charge < -0.3 is 15.3 Å². The van der Waals surface area contributed by atoms with Crippen molar-refractivity contribution in [1.29, 1.82) is 0 Å². The van der Waals surface area contributed by atoms with E-state index in [2.05, 4.69) is 0 Å². The maximum absolute atomic E-state index is 12.9. The smallest absolute Gasteiger partial charge is 0.471 e. The number of carboxylic acids is 1. The van der Waals surface area contributed by atoms with Crippen molar-refractivity contribution in [2.45, 2.75) is 51.9 Å². The zero-order chi connectivity index (χ0) is 18.9. The van der Waals surface area contributed by atoms with Crippen LogP contribution >= 0.6 is 0 Å². The number of piperidine rings is 1. The highest BCUT2D eigenvalue weighted by Crippen LogP contribution is 2.65. The van der Waals surface area contributed by atoms with E-state index >= 15 is 0 Å². The number of rotatable bonds is 4. The zero-order valence-corrected chi connectivity index (χ0v) is 14.2. The topological polar surface area (TPSA) is 86.7 Å². The highest BCUT2D eigenvalue weighted by atomic mass is 19.4. The molecule has 0 aromatic rings. The van der Waals surface area contributed by atoms with E-state index in [1.54, 1.807) is 12.2 Å². The molecule has 0 bridgehead atoms. The Balaban J connectivity index is 1.82. The molecule has 6 nitrogen and oxygen atoms in total. The van der Waals surface area contributed by atoms with Crippen LogP contribution in [0.4, 0.5) is 13.2 Å². The minimum Gasteiger partial charge on any atom is -0.480 e. The number of nitrogens with zero attached hydrogens (tertiary/aromatic N) is 1. The first kappa shape index (κ1) is 18.0. The second kappa shape index (κ2) is 5.11. The number of carbonyl (C=O) groups is 3. The highest BCUT2D eigenvalue weighted by molar-refractivity contribution is 5.93. The van der Waals surface area contributed by atoms with Crippen molar-refractivity contribution in [2.24, 2.45) is 22.7 Å². The summed E-state index contributed by atoms with van der Waals surface area (Å²) in [6.45, 7) is 5.67. The van der Waals surface area contributed by atoms with Crippen LogP contribution in [0.2, 0.25) is 0 Å². The SMILES string of the molecule is CC1(C(NC(=O)C(F)(F)F)C(=O)N2C[C@H]3[C@@H]([C@H]2C(=O)O)C3(C)C)CC1. The molecule has 2 saturated carbocycles. The van der Waals surface area contributed by atoms with Gasteiger partial charge >= 0.3 is 18.1 Å². The van der Waals surface area contributed by atoms with Gasteiger partial charge in [0.2, 0.25) is 5.91 Å². The van der Waals surface area contributed by atoms with E-state index in [4.69, 9.17) is 0 Å². The fourth-order valence-electron chi connectivity index (χ4n) is 4.19. The molecule has 0 aromatic carbocycles. The van der Waals surface area contributed by atoms with E-state index in [9.17, 15) is 32.7 Å². The molecule has 2 amide bonds. The zero-order valence-electron chi connectivity index (χ0n) is 14.2. The first-order valence-electron chi connectivity index (χ1n) is 8.22. The average molecular weight is 362 g/mol. The molecule has 0 radical (unpaired) electrons. The van der Waals surface area contributed by atoms with Gasteiger partial charge in [0.05, 0.1) is 0 Å². The number of amides is 2. The van der Waals surface area contributed by atoms with E-state index in [0.717, 1.165) is 4.90 Å². The minimum atomic E-state index is -5.09. The number of halogens is 3. The third-order valence-electron chi connectivity index (χ3n) is 6.26. The van der Waals surface area contributed by atoms with Gasteiger partial charge in [0.25, 0.3) is 0 Å². The monoisotopic (exact) mass is 362 g/mol. The lowest BCUT2D eigenvalue weighted by Crippen LogP contribution is -2.58. The summed E-state index contributed by atoms with van der Waals surface area (Å²) < 4.78 is 37.8. The number of hydrogen-bond donors (Lipinski definition) is 2. The van der Waals surface area contributed by atoms with Crippen LogP contribution in [0.1, 0.15) is 33.6 Å². The van der Waals surface area contributed by atoms with Crippen LogP contribution in [-0.4, -0.2) is 52.6 Å². The molecular weight excluding hydrogens is 341 g/mol. The molecule has 2 aliphatic carbocycles. The molecule has 9 heteroatoms. The van der Waals surface area contributed by atoms with Crippen molar-refractivity contribution in [2.75, 3.05) is 6.54 Å². The quantitative estimate of drug-likeness (QED) is 0.792. The summed E-state index contributed by atoms with van der Waals surface area (Å²) in [7, 11) is 0. The molecule has 1 saturated heterocycles. The van der Waals surface area contributed by atoms with Crippen LogP contribution in [0.3, 0.4) is 0 Å². The molecule has 2 N–H and O–H groups in total. The molecular formula is C16H21F3N2O4. The van der Waals surface area contributed by atoms with Crippen LogP contribution in [0.15, 0.2) is 0 Å². The lowest BCUT2D eigenvalue weighted by atomic mass is 9.95. The normalized spacial score (nSPS) is 32.6. The number of likely N-dealkylation sites (tertiary alicyclic amines) is 1. The lowest BCUT2D eigenvalue weighted by Gasteiger charge is -2.34. The molecule has 3 rings (SSSR count). The average Bonchev–Trinajstić information content (AvgIpc) is 3.24. The number of alkyl halides is 3. The Morgan fingerprint density at radius 3 is 2.20 bits per heavy atom. The van der Waals surface area contributed by atoms with E-state index in [1.807, 2.05) is 13.8 Å².